The van der Waals surface area contributed by atoms with E-state index in [9.17, 15) is 9.59 Å². The first-order valence-electron chi connectivity index (χ1n) is 7.45. The van der Waals surface area contributed by atoms with E-state index in [0.29, 0.717) is 13.0 Å². The highest BCUT2D eigenvalue weighted by molar-refractivity contribution is 5.90. The molecule has 1 aromatic carbocycles. The Morgan fingerprint density at radius 1 is 1.24 bits per heavy atom. The zero-order valence-electron chi connectivity index (χ0n) is 12.4. The van der Waals surface area contributed by atoms with Gasteiger partial charge >= 0.3 is 0 Å². The van der Waals surface area contributed by atoms with Gasteiger partial charge in [0.1, 0.15) is 5.75 Å². The molecule has 0 spiro atoms. The van der Waals surface area contributed by atoms with Gasteiger partial charge in [0, 0.05) is 32.0 Å². The van der Waals surface area contributed by atoms with Crippen molar-refractivity contribution >= 4 is 17.5 Å². The summed E-state index contributed by atoms with van der Waals surface area (Å²) in [6, 6.07) is 5.77. The van der Waals surface area contributed by atoms with E-state index in [1.165, 1.54) is 6.92 Å². The van der Waals surface area contributed by atoms with Crippen LogP contribution in [0.3, 0.4) is 0 Å². The second-order valence-corrected chi connectivity index (χ2v) is 5.26. The second-order valence-electron chi connectivity index (χ2n) is 5.26. The van der Waals surface area contributed by atoms with Crippen LogP contribution in [0.1, 0.15) is 38.2 Å². The molecule has 0 unspecified atom stereocenters. The molecule has 2 N–H and O–H groups in total. The van der Waals surface area contributed by atoms with Crippen LogP contribution in [0.5, 0.6) is 5.75 Å². The van der Waals surface area contributed by atoms with Gasteiger partial charge in [0.05, 0.1) is 6.61 Å². The fourth-order valence-corrected chi connectivity index (χ4v) is 2.34. The van der Waals surface area contributed by atoms with Crippen molar-refractivity contribution in [1.29, 1.82) is 0 Å². The Labute approximate surface area is 125 Å². The molecule has 1 aliphatic rings. The molecule has 0 atom stereocenters. The average Bonchev–Trinajstić information content (AvgIpc) is 2.89. The van der Waals surface area contributed by atoms with Crippen molar-refractivity contribution in [1.82, 2.24) is 5.32 Å². The molecule has 0 fully saturated rings. The summed E-state index contributed by atoms with van der Waals surface area (Å²) in [5.41, 5.74) is 1.99. The van der Waals surface area contributed by atoms with Gasteiger partial charge in [-0.1, -0.05) is 6.42 Å². The van der Waals surface area contributed by atoms with E-state index >= 15 is 0 Å². The highest BCUT2D eigenvalue weighted by Crippen LogP contribution is 2.27. The normalized spacial score (nSPS) is 12.4. The first-order valence-corrected chi connectivity index (χ1v) is 7.45. The van der Waals surface area contributed by atoms with Crippen molar-refractivity contribution in [3.8, 4) is 5.75 Å². The molecule has 5 heteroatoms. The lowest BCUT2D eigenvalue weighted by molar-refractivity contribution is -0.119. The Morgan fingerprint density at radius 2 is 2.10 bits per heavy atom. The number of fused-ring (bicyclic) bond motifs is 1. The van der Waals surface area contributed by atoms with Gasteiger partial charge in [0.2, 0.25) is 11.8 Å². The molecule has 2 rings (SSSR count). The third-order valence-corrected chi connectivity index (χ3v) is 3.43. The lowest BCUT2D eigenvalue weighted by Crippen LogP contribution is -2.20. The quantitative estimate of drug-likeness (QED) is 0.757. The van der Waals surface area contributed by atoms with E-state index in [1.54, 1.807) is 0 Å². The van der Waals surface area contributed by atoms with Gasteiger partial charge in [-0.2, -0.15) is 0 Å². The average molecular weight is 290 g/mol. The molecule has 114 valence electrons. The second kappa shape index (κ2) is 7.67. The zero-order chi connectivity index (χ0) is 15.1. The van der Waals surface area contributed by atoms with Gasteiger partial charge in [-0.05, 0) is 36.6 Å². The number of hydrogen-bond acceptors (Lipinski definition) is 3. The molecule has 1 aromatic rings. The summed E-state index contributed by atoms with van der Waals surface area (Å²) in [5, 5.41) is 5.66. The monoisotopic (exact) mass is 290 g/mol. The molecule has 1 aliphatic heterocycles. The van der Waals surface area contributed by atoms with Crippen LogP contribution in [-0.4, -0.2) is 25.0 Å². The molecule has 0 aromatic heterocycles. The number of rotatable bonds is 7. The molecular formula is C16H22N2O3. The number of anilines is 1. The molecule has 0 aliphatic carbocycles. The molecule has 0 radical (unpaired) electrons. The number of ether oxygens (including phenoxy) is 1. The lowest BCUT2D eigenvalue weighted by Gasteiger charge is -2.07. The topological polar surface area (TPSA) is 67.4 Å². The number of carbonyl (C=O) groups is 2. The van der Waals surface area contributed by atoms with Crippen molar-refractivity contribution in [2.75, 3.05) is 18.5 Å². The fraction of sp³-hybridized carbons (Fsp3) is 0.500. The maximum absolute atomic E-state index is 11.8. The Balaban J connectivity index is 1.64. The summed E-state index contributed by atoms with van der Waals surface area (Å²) in [5.74, 6) is 0.952. The lowest BCUT2D eigenvalue weighted by atomic mass is 10.1. The van der Waals surface area contributed by atoms with Crippen LogP contribution in [-0.2, 0) is 16.0 Å². The summed E-state index contributed by atoms with van der Waals surface area (Å²) in [6.45, 7) is 2.91. The van der Waals surface area contributed by atoms with Crippen LogP contribution in [0, 0.1) is 0 Å². The van der Waals surface area contributed by atoms with Crippen LogP contribution >= 0.6 is 0 Å². The summed E-state index contributed by atoms with van der Waals surface area (Å²) in [6.07, 6.45) is 4.09. The first-order chi connectivity index (χ1) is 10.1. The number of amides is 2. The Bertz CT molecular complexity index is 514. The third kappa shape index (κ3) is 5.10. The maximum Gasteiger partial charge on any atom is 0.224 e. The van der Waals surface area contributed by atoms with Crippen LogP contribution in [0.25, 0.3) is 0 Å². The minimum atomic E-state index is -0.00617. The molecule has 0 saturated carbocycles. The van der Waals surface area contributed by atoms with Crippen molar-refractivity contribution < 1.29 is 14.3 Å². The number of benzene rings is 1. The van der Waals surface area contributed by atoms with Gasteiger partial charge in [0.25, 0.3) is 0 Å². The Hall–Kier alpha value is -2.04. The molecule has 1 heterocycles. The number of unbranched alkanes of at least 4 members (excludes halogenated alkanes) is 2. The maximum atomic E-state index is 11.8. The minimum Gasteiger partial charge on any atom is -0.493 e. The van der Waals surface area contributed by atoms with Gasteiger partial charge in [-0.25, -0.2) is 0 Å². The van der Waals surface area contributed by atoms with Crippen LogP contribution in [0.2, 0.25) is 0 Å². The highest BCUT2D eigenvalue weighted by Gasteiger charge is 2.12. The SMILES string of the molecule is CC(=O)NCCCCCC(=O)Nc1ccc2c(c1)CCO2. The Morgan fingerprint density at radius 3 is 2.90 bits per heavy atom. The summed E-state index contributed by atoms with van der Waals surface area (Å²) in [4.78, 5) is 22.5. The van der Waals surface area contributed by atoms with Crippen molar-refractivity contribution in [3.63, 3.8) is 0 Å². The molecule has 0 bridgehead atoms. The van der Waals surface area contributed by atoms with Gasteiger partial charge in [0.15, 0.2) is 0 Å². The standard InChI is InChI=1S/C16H22N2O3/c1-12(19)17-9-4-2-3-5-16(20)18-14-6-7-15-13(11-14)8-10-21-15/h6-7,11H,2-5,8-10H2,1H3,(H,17,19)(H,18,20). The van der Waals surface area contributed by atoms with E-state index in [1.807, 2.05) is 18.2 Å². The fourth-order valence-electron chi connectivity index (χ4n) is 2.34. The predicted molar refractivity (Wildman–Crippen MR) is 81.4 cm³/mol. The molecular weight excluding hydrogens is 268 g/mol. The number of carbonyl (C=O) groups excluding carboxylic acids is 2. The van der Waals surface area contributed by atoms with Crippen LogP contribution in [0.15, 0.2) is 18.2 Å². The minimum absolute atomic E-state index is 0.00617. The first kappa shape index (κ1) is 15.4. The molecule has 2 amide bonds. The van der Waals surface area contributed by atoms with Crippen LogP contribution in [0.4, 0.5) is 5.69 Å². The van der Waals surface area contributed by atoms with Gasteiger partial charge < -0.3 is 15.4 Å². The van der Waals surface area contributed by atoms with Crippen molar-refractivity contribution in [2.24, 2.45) is 0 Å². The smallest absolute Gasteiger partial charge is 0.224 e. The summed E-state index contributed by atoms with van der Waals surface area (Å²) >= 11 is 0. The van der Waals surface area contributed by atoms with E-state index in [2.05, 4.69) is 10.6 Å². The van der Waals surface area contributed by atoms with Gasteiger partial charge in [-0.15, -0.1) is 0 Å². The van der Waals surface area contributed by atoms with Crippen molar-refractivity contribution in [3.05, 3.63) is 23.8 Å². The summed E-state index contributed by atoms with van der Waals surface area (Å²) < 4.78 is 5.44. The number of nitrogens with one attached hydrogen (secondary N) is 2. The van der Waals surface area contributed by atoms with Crippen molar-refractivity contribution in [2.45, 2.75) is 39.0 Å². The van der Waals surface area contributed by atoms with E-state index in [0.717, 1.165) is 49.3 Å². The highest BCUT2D eigenvalue weighted by atomic mass is 16.5. The molecule has 5 nitrogen and oxygen atoms in total. The largest absolute Gasteiger partial charge is 0.493 e. The van der Waals surface area contributed by atoms with Crippen LogP contribution < -0.4 is 15.4 Å². The van der Waals surface area contributed by atoms with Gasteiger partial charge in [-0.3, -0.25) is 9.59 Å². The predicted octanol–water partition coefficient (Wildman–Crippen LogP) is 2.26. The van der Waals surface area contributed by atoms with E-state index in [-0.39, 0.29) is 11.8 Å². The Kier molecular flexibility index (Phi) is 5.60. The summed E-state index contributed by atoms with van der Waals surface area (Å²) in [7, 11) is 0. The zero-order valence-corrected chi connectivity index (χ0v) is 12.4. The third-order valence-electron chi connectivity index (χ3n) is 3.43. The van der Waals surface area contributed by atoms with E-state index < -0.39 is 0 Å². The molecule has 0 saturated heterocycles. The molecule has 21 heavy (non-hydrogen) atoms. The van der Waals surface area contributed by atoms with E-state index in [4.69, 9.17) is 4.74 Å². The number of hydrogen-bond donors (Lipinski definition) is 2.